The number of aryl methyl sites for hydroxylation is 2. The third-order valence-electron chi connectivity index (χ3n) is 4.52. The van der Waals surface area contributed by atoms with Crippen molar-refractivity contribution in [2.45, 2.75) is 46.7 Å². The Morgan fingerprint density at radius 2 is 1.83 bits per heavy atom. The molecule has 0 aromatic heterocycles. The van der Waals surface area contributed by atoms with Crippen molar-refractivity contribution in [3.05, 3.63) is 64.2 Å². The summed E-state index contributed by atoms with van der Waals surface area (Å²) >= 11 is 6.08. The van der Waals surface area contributed by atoms with Crippen molar-refractivity contribution in [2.75, 3.05) is 13.2 Å². The SMILES string of the molecule is CCCNC(=O)[C@@H](C)N(Cc1cccc(Cl)c1)C(=O)COc1cc(C)cc(C)c1. The lowest BCUT2D eigenvalue weighted by Gasteiger charge is -2.28. The van der Waals surface area contributed by atoms with E-state index >= 15 is 0 Å². The van der Waals surface area contributed by atoms with Gasteiger partial charge < -0.3 is 15.0 Å². The zero-order valence-electron chi connectivity index (χ0n) is 17.5. The van der Waals surface area contributed by atoms with E-state index in [1.807, 2.05) is 51.1 Å². The molecule has 2 aromatic carbocycles. The first-order chi connectivity index (χ1) is 13.8. The normalized spacial score (nSPS) is 11.6. The van der Waals surface area contributed by atoms with Crippen LogP contribution >= 0.6 is 11.6 Å². The molecule has 6 heteroatoms. The van der Waals surface area contributed by atoms with E-state index in [1.54, 1.807) is 19.1 Å². The third kappa shape index (κ3) is 7.09. The smallest absolute Gasteiger partial charge is 0.261 e. The van der Waals surface area contributed by atoms with Crippen LogP contribution in [0.15, 0.2) is 42.5 Å². The molecule has 0 saturated heterocycles. The van der Waals surface area contributed by atoms with E-state index in [2.05, 4.69) is 5.32 Å². The number of rotatable bonds is 9. The van der Waals surface area contributed by atoms with Gasteiger partial charge in [-0.05, 0) is 68.1 Å². The van der Waals surface area contributed by atoms with Crippen LogP contribution in [0.2, 0.25) is 5.02 Å². The highest BCUT2D eigenvalue weighted by Crippen LogP contribution is 2.18. The number of carbonyl (C=O) groups excluding carboxylic acids is 2. The predicted molar refractivity (Wildman–Crippen MR) is 116 cm³/mol. The van der Waals surface area contributed by atoms with Crippen LogP contribution in [0.3, 0.4) is 0 Å². The minimum Gasteiger partial charge on any atom is -0.484 e. The highest BCUT2D eigenvalue weighted by Gasteiger charge is 2.26. The summed E-state index contributed by atoms with van der Waals surface area (Å²) in [7, 11) is 0. The lowest BCUT2D eigenvalue weighted by atomic mass is 10.1. The molecule has 0 aliphatic heterocycles. The Morgan fingerprint density at radius 3 is 2.45 bits per heavy atom. The molecule has 0 aliphatic rings. The van der Waals surface area contributed by atoms with Gasteiger partial charge in [-0.3, -0.25) is 9.59 Å². The lowest BCUT2D eigenvalue weighted by molar-refractivity contribution is -0.142. The number of hydrogen-bond donors (Lipinski definition) is 1. The first kappa shape index (κ1) is 22.8. The molecule has 0 fully saturated rings. The molecule has 0 saturated carbocycles. The lowest BCUT2D eigenvalue weighted by Crippen LogP contribution is -2.49. The van der Waals surface area contributed by atoms with Gasteiger partial charge in [0, 0.05) is 18.1 Å². The van der Waals surface area contributed by atoms with E-state index in [0.29, 0.717) is 17.3 Å². The monoisotopic (exact) mass is 416 g/mol. The second-order valence-corrected chi connectivity index (χ2v) is 7.67. The fraction of sp³-hybridized carbons (Fsp3) is 0.391. The summed E-state index contributed by atoms with van der Waals surface area (Å²) in [6.45, 7) is 8.37. The quantitative estimate of drug-likeness (QED) is 0.663. The van der Waals surface area contributed by atoms with Gasteiger partial charge in [0.2, 0.25) is 5.91 Å². The number of nitrogens with one attached hydrogen (secondary N) is 1. The number of ether oxygens (including phenoxy) is 1. The fourth-order valence-corrected chi connectivity index (χ4v) is 3.27. The molecular weight excluding hydrogens is 388 g/mol. The molecule has 1 N–H and O–H groups in total. The van der Waals surface area contributed by atoms with Gasteiger partial charge in [-0.2, -0.15) is 0 Å². The molecule has 2 rings (SSSR count). The largest absolute Gasteiger partial charge is 0.484 e. The fourth-order valence-electron chi connectivity index (χ4n) is 3.05. The summed E-state index contributed by atoms with van der Waals surface area (Å²) in [6.07, 6.45) is 0.830. The average molecular weight is 417 g/mol. The van der Waals surface area contributed by atoms with Gasteiger partial charge >= 0.3 is 0 Å². The van der Waals surface area contributed by atoms with E-state index in [0.717, 1.165) is 23.1 Å². The summed E-state index contributed by atoms with van der Waals surface area (Å²) in [5.74, 6) is 0.193. The molecule has 5 nitrogen and oxygen atoms in total. The number of nitrogens with zero attached hydrogens (tertiary/aromatic N) is 1. The van der Waals surface area contributed by atoms with Crippen molar-refractivity contribution in [1.82, 2.24) is 10.2 Å². The summed E-state index contributed by atoms with van der Waals surface area (Å²) in [6, 6.07) is 12.5. The van der Waals surface area contributed by atoms with Crippen LogP contribution in [0, 0.1) is 13.8 Å². The Kier molecular flexibility index (Phi) is 8.52. The van der Waals surface area contributed by atoms with E-state index in [1.165, 1.54) is 4.90 Å². The van der Waals surface area contributed by atoms with Crippen molar-refractivity contribution in [3.8, 4) is 5.75 Å². The van der Waals surface area contributed by atoms with Crippen LogP contribution in [0.5, 0.6) is 5.75 Å². The standard InChI is InChI=1S/C23H29ClN2O3/c1-5-9-25-23(28)18(4)26(14-19-7-6-8-20(24)13-19)22(27)15-29-21-11-16(2)10-17(3)12-21/h6-8,10-13,18H,5,9,14-15H2,1-4H3,(H,25,28)/t18-/m1/s1. The number of hydrogen-bond acceptors (Lipinski definition) is 3. The highest BCUT2D eigenvalue weighted by molar-refractivity contribution is 6.30. The number of amides is 2. The van der Waals surface area contributed by atoms with Crippen molar-refractivity contribution in [3.63, 3.8) is 0 Å². The van der Waals surface area contributed by atoms with E-state index < -0.39 is 6.04 Å². The van der Waals surface area contributed by atoms with Crippen LogP contribution in [-0.2, 0) is 16.1 Å². The summed E-state index contributed by atoms with van der Waals surface area (Å²) in [4.78, 5) is 27.0. The average Bonchev–Trinajstić information content (AvgIpc) is 2.67. The van der Waals surface area contributed by atoms with E-state index in [4.69, 9.17) is 16.3 Å². The summed E-state index contributed by atoms with van der Waals surface area (Å²) < 4.78 is 5.73. The Bertz CT molecular complexity index is 834. The van der Waals surface area contributed by atoms with Crippen molar-refractivity contribution < 1.29 is 14.3 Å². The predicted octanol–water partition coefficient (Wildman–Crippen LogP) is 4.28. The van der Waals surface area contributed by atoms with Crippen LogP contribution < -0.4 is 10.1 Å². The second-order valence-electron chi connectivity index (χ2n) is 7.23. The minimum atomic E-state index is -0.629. The van der Waals surface area contributed by atoms with Crippen molar-refractivity contribution >= 4 is 23.4 Å². The molecule has 0 unspecified atom stereocenters. The molecule has 2 aromatic rings. The Hall–Kier alpha value is -2.53. The highest BCUT2D eigenvalue weighted by atomic mass is 35.5. The maximum absolute atomic E-state index is 13.0. The number of carbonyl (C=O) groups is 2. The third-order valence-corrected chi connectivity index (χ3v) is 4.75. The molecular formula is C23H29ClN2O3. The second kappa shape index (κ2) is 10.9. The maximum Gasteiger partial charge on any atom is 0.261 e. The van der Waals surface area contributed by atoms with Crippen molar-refractivity contribution in [2.24, 2.45) is 0 Å². The number of halogens is 1. The molecule has 2 amide bonds. The Morgan fingerprint density at radius 1 is 1.14 bits per heavy atom. The van der Waals surface area contributed by atoms with Crippen LogP contribution in [0.25, 0.3) is 0 Å². The molecule has 156 valence electrons. The van der Waals surface area contributed by atoms with Gasteiger partial charge in [0.25, 0.3) is 5.91 Å². The van der Waals surface area contributed by atoms with Crippen LogP contribution in [0.4, 0.5) is 0 Å². The molecule has 1 atom stereocenters. The van der Waals surface area contributed by atoms with E-state index in [9.17, 15) is 9.59 Å². The summed E-state index contributed by atoms with van der Waals surface area (Å²) in [5.41, 5.74) is 2.98. The van der Waals surface area contributed by atoms with Gasteiger partial charge in [0.05, 0.1) is 0 Å². The van der Waals surface area contributed by atoms with Gasteiger partial charge in [-0.25, -0.2) is 0 Å². The van der Waals surface area contributed by atoms with Crippen molar-refractivity contribution in [1.29, 1.82) is 0 Å². The molecule has 0 aliphatic carbocycles. The van der Waals surface area contributed by atoms with Crippen LogP contribution in [-0.4, -0.2) is 35.9 Å². The summed E-state index contributed by atoms with van der Waals surface area (Å²) in [5, 5.41) is 3.44. The maximum atomic E-state index is 13.0. The van der Waals surface area contributed by atoms with Gasteiger partial charge in [0.15, 0.2) is 6.61 Å². The van der Waals surface area contributed by atoms with E-state index in [-0.39, 0.29) is 25.0 Å². The molecule has 0 heterocycles. The number of benzene rings is 2. The topological polar surface area (TPSA) is 58.6 Å². The van der Waals surface area contributed by atoms with Gasteiger partial charge in [0.1, 0.15) is 11.8 Å². The molecule has 0 bridgehead atoms. The minimum absolute atomic E-state index is 0.144. The zero-order valence-corrected chi connectivity index (χ0v) is 18.3. The first-order valence-electron chi connectivity index (χ1n) is 9.83. The Labute approximate surface area is 178 Å². The van der Waals surface area contributed by atoms with Gasteiger partial charge in [-0.1, -0.05) is 36.7 Å². The van der Waals surface area contributed by atoms with Crippen LogP contribution in [0.1, 0.15) is 37.0 Å². The Balaban J connectivity index is 2.15. The van der Waals surface area contributed by atoms with Gasteiger partial charge in [-0.15, -0.1) is 0 Å². The zero-order chi connectivity index (χ0) is 21.4. The molecule has 29 heavy (non-hydrogen) atoms. The molecule has 0 radical (unpaired) electrons. The first-order valence-corrected chi connectivity index (χ1v) is 10.2. The molecule has 0 spiro atoms.